The highest BCUT2D eigenvalue weighted by Crippen LogP contribution is 2.39. The normalized spacial score (nSPS) is 16.4. The van der Waals surface area contributed by atoms with E-state index in [4.69, 9.17) is 18.7 Å². The van der Waals surface area contributed by atoms with E-state index in [2.05, 4.69) is 15.3 Å². The second kappa shape index (κ2) is 9.75. The molecule has 3 aromatic heterocycles. The summed E-state index contributed by atoms with van der Waals surface area (Å²) in [7, 11) is 1.51. The molecule has 38 heavy (non-hydrogen) atoms. The SMILES string of the molecule is [2H]C([2H])([2H])NC(=O)c1cnc2cc1Nc1cc(ccc1OC)COCc1nc(ccc1F)N2c1ccn(C2CC2)n1. The van der Waals surface area contributed by atoms with Gasteiger partial charge in [0.05, 0.1) is 43.3 Å². The summed E-state index contributed by atoms with van der Waals surface area (Å²) in [5.74, 6) is 0.214. The molecule has 1 amide bonds. The third-order valence-electron chi connectivity index (χ3n) is 6.39. The molecule has 2 aliphatic rings. The Hall–Kier alpha value is -4.51. The number of rotatable bonds is 4. The first-order chi connectivity index (χ1) is 19.7. The lowest BCUT2D eigenvalue weighted by atomic mass is 10.1. The molecule has 1 fully saturated rings. The summed E-state index contributed by atoms with van der Waals surface area (Å²) < 4.78 is 50.5. The fourth-order valence-corrected chi connectivity index (χ4v) is 4.31. The van der Waals surface area contributed by atoms with Gasteiger partial charge in [0.1, 0.15) is 28.9 Å². The second-order valence-corrected chi connectivity index (χ2v) is 9.01. The van der Waals surface area contributed by atoms with E-state index in [1.807, 2.05) is 16.2 Å². The lowest BCUT2D eigenvalue weighted by molar-refractivity contribution is 0.0963. The average Bonchev–Trinajstić information content (AvgIpc) is 3.67. The highest BCUT2D eigenvalue weighted by molar-refractivity contribution is 6.00. The van der Waals surface area contributed by atoms with E-state index in [1.165, 1.54) is 25.4 Å². The third-order valence-corrected chi connectivity index (χ3v) is 6.39. The predicted molar refractivity (Wildman–Crippen MR) is 139 cm³/mol. The van der Waals surface area contributed by atoms with Crippen LogP contribution >= 0.6 is 0 Å². The van der Waals surface area contributed by atoms with Crippen LogP contribution in [0.4, 0.5) is 33.2 Å². The lowest BCUT2D eigenvalue weighted by Gasteiger charge is -2.23. The summed E-state index contributed by atoms with van der Waals surface area (Å²) in [6, 6.07) is 11.8. The second-order valence-electron chi connectivity index (χ2n) is 9.01. The number of methoxy groups -OCH3 is 1. The molecule has 6 rings (SSSR count). The van der Waals surface area contributed by atoms with E-state index in [1.54, 1.807) is 35.2 Å². The van der Waals surface area contributed by atoms with Gasteiger partial charge in [-0.1, -0.05) is 6.07 Å². The molecule has 0 atom stereocenters. The van der Waals surface area contributed by atoms with Crippen molar-refractivity contribution in [1.82, 2.24) is 25.1 Å². The van der Waals surface area contributed by atoms with Crippen LogP contribution in [0, 0.1) is 5.82 Å². The van der Waals surface area contributed by atoms with Crippen molar-refractivity contribution >= 4 is 34.7 Å². The summed E-state index contributed by atoms with van der Waals surface area (Å²) in [5, 5.41) is 9.96. The third kappa shape index (κ3) is 4.52. The summed E-state index contributed by atoms with van der Waals surface area (Å²) >= 11 is 0. The number of nitrogens with one attached hydrogen (secondary N) is 2. The number of aromatic nitrogens is 4. The molecule has 0 saturated heterocycles. The lowest BCUT2D eigenvalue weighted by Crippen LogP contribution is -2.21. The van der Waals surface area contributed by atoms with Crippen LogP contribution in [0.25, 0.3) is 0 Å². The van der Waals surface area contributed by atoms with Gasteiger partial charge in [-0.05, 0) is 42.7 Å². The van der Waals surface area contributed by atoms with Crippen molar-refractivity contribution in [2.24, 2.45) is 0 Å². The Morgan fingerprint density at radius 1 is 1.16 bits per heavy atom. The summed E-state index contributed by atoms with van der Waals surface area (Å²) in [6.45, 7) is -2.64. The first kappa shape index (κ1) is 20.5. The summed E-state index contributed by atoms with van der Waals surface area (Å²) in [5.41, 5.74) is 1.58. The van der Waals surface area contributed by atoms with E-state index >= 15 is 0 Å². The molecule has 10 nitrogen and oxygen atoms in total. The van der Waals surface area contributed by atoms with E-state index in [9.17, 15) is 9.18 Å². The van der Waals surface area contributed by atoms with Crippen LogP contribution in [-0.4, -0.2) is 39.7 Å². The molecule has 194 valence electrons. The largest absolute Gasteiger partial charge is 0.495 e. The van der Waals surface area contributed by atoms with E-state index in [0.717, 1.165) is 18.4 Å². The Morgan fingerprint density at radius 2 is 2.05 bits per heavy atom. The van der Waals surface area contributed by atoms with Gasteiger partial charge in [0.15, 0.2) is 5.82 Å². The van der Waals surface area contributed by atoms with Crippen molar-refractivity contribution in [3.05, 3.63) is 77.5 Å². The number of fused-ring (bicyclic) bond motifs is 6. The van der Waals surface area contributed by atoms with Crippen LogP contribution in [-0.2, 0) is 18.0 Å². The molecule has 1 aliphatic heterocycles. The number of benzene rings is 1. The topological polar surface area (TPSA) is 106 Å². The van der Waals surface area contributed by atoms with Crippen LogP contribution in [0.1, 0.15) is 44.6 Å². The Bertz CT molecular complexity index is 1620. The number of hydrogen-bond donors (Lipinski definition) is 2. The predicted octanol–water partition coefficient (Wildman–Crippen LogP) is 4.76. The minimum Gasteiger partial charge on any atom is -0.495 e. The van der Waals surface area contributed by atoms with Gasteiger partial charge >= 0.3 is 0 Å². The molecular formula is C27H26FN7O3. The highest BCUT2D eigenvalue weighted by atomic mass is 19.1. The van der Waals surface area contributed by atoms with Crippen molar-refractivity contribution in [3.63, 3.8) is 0 Å². The number of ether oxygens (including phenoxy) is 2. The monoisotopic (exact) mass is 518 g/mol. The molecule has 1 saturated carbocycles. The quantitative estimate of drug-likeness (QED) is 0.398. The molecule has 4 aromatic rings. The first-order valence-electron chi connectivity index (χ1n) is 13.5. The van der Waals surface area contributed by atoms with Crippen LogP contribution in [0.3, 0.4) is 0 Å². The van der Waals surface area contributed by atoms with Crippen molar-refractivity contribution in [3.8, 4) is 5.75 Å². The number of hydrogen-bond acceptors (Lipinski definition) is 8. The Kier molecular flexibility index (Phi) is 5.27. The summed E-state index contributed by atoms with van der Waals surface area (Å²) in [6.07, 6.45) is 5.19. The molecule has 1 aromatic carbocycles. The van der Waals surface area contributed by atoms with Gasteiger partial charge in [-0.2, -0.15) is 5.10 Å². The minimum atomic E-state index is -2.71. The van der Waals surface area contributed by atoms with Gasteiger partial charge < -0.3 is 20.1 Å². The van der Waals surface area contributed by atoms with Crippen molar-refractivity contribution in [2.45, 2.75) is 32.1 Å². The number of pyridine rings is 2. The van der Waals surface area contributed by atoms with E-state index in [-0.39, 0.29) is 30.2 Å². The number of anilines is 5. The molecule has 0 unspecified atom stereocenters. The first-order valence-corrected chi connectivity index (χ1v) is 12.0. The Morgan fingerprint density at radius 3 is 2.87 bits per heavy atom. The molecule has 2 N–H and O–H groups in total. The molecule has 6 bridgehead atoms. The van der Waals surface area contributed by atoms with Crippen LogP contribution < -0.4 is 20.3 Å². The molecule has 0 spiro atoms. The maximum Gasteiger partial charge on any atom is 0.254 e. The molecule has 4 heterocycles. The average molecular weight is 519 g/mol. The van der Waals surface area contributed by atoms with Crippen LogP contribution in [0.5, 0.6) is 5.75 Å². The van der Waals surface area contributed by atoms with Gasteiger partial charge in [-0.25, -0.2) is 14.4 Å². The van der Waals surface area contributed by atoms with Gasteiger partial charge in [-0.3, -0.25) is 14.4 Å². The molecular weight excluding hydrogens is 489 g/mol. The van der Waals surface area contributed by atoms with Crippen molar-refractivity contribution in [1.29, 1.82) is 0 Å². The zero-order valence-corrected chi connectivity index (χ0v) is 20.4. The standard InChI is InChI=1S/C27H26FN7O3/c1-29-27(36)18-13-30-26-12-20(18)31-21-11-16(3-7-23(21)37-2)14-38-15-22-19(28)6-8-24(32-22)35(26)25-9-10-34(33-25)17-4-5-17/h3,6-13,17,31H,4-5,14-15H2,1-2H3,(H,29,36)/i1D3. The molecule has 0 radical (unpaired) electrons. The van der Waals surface area contributed by atoms with E-state index in [0.29, 0.717) is 34.9 Å². The van der Waals surface area contributed by atoms with Gasteiger partial charge in [-0.15, -0.1) is 0 Å². The zero-order chi connectivity index (χ0) is 28.7. The number of nitrogens with zero attached hydrogens (tertiary/aromatic N) is 5. The van der Waals surface area contributed by atoms with Crippen LogP contribution in [0.2, 0.25) is 0 Å². The van der Waals surface area contributed by atoms with Crippen molar-refractivity contribution in [2.75, 3.05) is 24.3 Å². The minimum absolute atomic E-state index is 0.0168. The zero-order valence-electron chi connectivity index (χ0n) is 23.4. The smallest absolute Gasteiger partial charge is 0.254 e. The van der Waals surface area contributed by atoms with Crippen LogP contribution in [0.15, 0.2) is 54.9 Å². The fourth-order valence-electron chi connectivity index (χ4n) is 4.31. The maximum atomic E-state index is 14.8. The number of halogens is 1. The Labute approximate surface area is 222 Å². The van der Waals surface area contributed by atoms with E-state index < -0.39 is 18.7 Å². The van der Waals surface area contributed by atoms with Crippen molar-refractivity contribution < 1.29 is 22.8 Å². The maximum absolute atomic E-state index is 14.8. The fraction of sp³-hybridized carbons (Fsp3) is 0.259. The molecule has 11 heteroatoms. The number of amides is 1. The Balaban J connectivity index is 1.55. The number of carbonyl (C=O) groups excluding carboxylic acids is 1. The van der Waals surface area contributed by atoms with Gasteiger partial charge in [0.25, 0.3) is 5.91 Å². The van der Waals surface area contributed by atoms with Gasteiger partial charge in [0, 0.05) is 35.6 Å². The molecule has 1 aliphatic carbocycles. The van der Waals surface area contributed by atoms with Gasteiger partial charge in [0.2, 0.25) is 0 Å². The summed E-state index contributed by atoms with van der Waals surface area (Å²) in [4.78, 5) is 23.7. The highest BCUT2D eigenvalue weighted by Gasteiger charge is 2.27. The number of carbonyl (C=O) groups is 1.